The second-order valence-corrected chi connectivity index (χ2v) is 9.95. The molecule has 2 amide bonds. The fourth-order valence-electron chi connectivity index (χ4n) is 5.94. The molecule has 0 radical (unpaired) electrons. The van der Waals surface area contributed by atoms with Gasteiger partial charge in [0, 0.05) is 35.5 Å². The number of hydrogen-bond donors (Lipinski definition) is 2. The Bertz CT molecular complexity index is 1200. The number of carbonyl (C=O) groups excluding carboxylic acids is 2. The minimum Gasteiger partial charge on any atom is -0.483 e. The van der Waals surface area contributed by atoms with Crippen LogP contribution in [0.4, 0.5) is 18.9 Å². The highest BCUT2D eigenvalue weighted by Crippen LogP contribution is 2.55. The van der Waals surface area contributed by atoms with Crippen molar-refractivity contribution in [3.05, 3.63) is 59.7 Å². The molecule has 2 saturated carbocycles. The lowest BCUT2D eigenvalue weighted by Crippen LogP contribution is -2.63. The summed E-state index contributed by atoms with van der Waals surface area (Å²) in [5, 5.41) is 19.3. The molecule has 0 aromatic heterocycles. The molecule has 39 heavy (non-hydrogen) atoms. The maximum Gasteiger partial charge on any atom is 0.573 e. The average Bonchev–Trinajstić information content (AvgIpc) is 3.58. The minimum atomic E-state index is -4.82. The van der Waals surface area contributed by atoms with Crippen LogP contribution in [0.25, 0.3) is 0 Å². The SMILES string of the molecule is CCCC(=O)N(C1CC1)C1(O)c2ccccc2N(C(=O)c2ccc(OC(F)(F)F)cc2)C2CCCC21.O=CO. The number of rotatable bonds is 6. The zero-order chi connectivity index (χ0) is 28.4. The smallest absolute Gasteiger partial charge is 0.483 e. The molecule has 1 aliphatic heterocycles. The van der Waals surface area contributed by atoms with Gasteiger partial charge in [-0.15, -0.1) is 13.2 Å². The molecule has 210 valence electrons. The van der Waals surface area contributed by atoms with E-state index in [2.05, 4.69) is 4.74 Å². The van der Waals surface area contributed by atoms with Gasteiger partial charge in [-0.2, -0.15) is 0 Å². The van der Waals surface area contributed by atoms with Crippen LogP contribution in [0.15, 0.2) is 48.5 Å². The van der Waals surface area contributed by atoms with E-state index in [-0.39, 0.29) is 41.9 Å². The second kappa shape index (κ2) is 11.3. The molecule has 11 heteroatoms. The number of benzene rings is 2. The summed E-state index contributed by atoms with van der Waals surface area (Å²) in [5.41, 5.74) is -0.253. The predicted molar refractivity (Wildman–Crippen MR) is 135 cm³/mol. The molecule has 2 N–H and O–H groups in total. The molecule has 3 unspecified atom stereocenters. The van der Waals surface area contributed by atoms with Crippen molar-refractivity contribution in [3.8, 4) is 5.75 Å². The van der Waals surface area contributed by atoms with Crippen molar-refractivity contribution in [2.45, 2.75) is 76.0 Å². The van der Waals surface area contributed by atoms with E-state index < -0.39 is 17.8 Å². The van der Waals surface area contributed by atoms with Crippen LogP contribution in [0, 0.1) is 5.92 Å². The van der Waals surface area contributed by atoms with Crippen LogP contribution >= 0.6 is 0 Å². The van der Waals surface area contributed by atoms with E-state index in [1.54, 1.807) is 34.1 Å². The Labute approximate surface area is 224 Å². The number of fused-ring (bicyclic) bond motifs is 2. The van der Waals surface area contributed by atoms with E-state index in [0.717, 1.165) is 31.4 Å². The maximum absolute atomic E-state index is 13.8. The zero-order valence-electron chi connectivity index (χ0n) is 21.4. The number of halogens is 3. The molecule has 2 fully saturated rings. The molecule has 5 rings (SSSR count). The molecule has 2 aromatic carbocycles. The van der Waals surface area contributed by atoms with Gasteiger partial charge >= 0.3 is 6.36 Å². The summed E-state index contributed by atoms with van der Waals surface area (Å²) in [6.45, 7) is 1.69. The quantitative estimate of drug-likeness (QED) is 0.387. The standard InChI is InChI=1S/C27H29F3N2O4.CH2O2/c1-2-6-24(33)32(18-13-14-18)26(35)20-7-3-4-9-22(20)31(23-10-5-8-21(23)26)25(34)17-11-15-19(16-12-17)36-27(28,29)30;2-1-3/h3-4,7,9,11-12,15-16,18,21,23,35H,2,5-6,8,10,13-14H2,1H3;1H,(H,2,3). The van der Waals surface area contributed by atoms with Crippen molar-refractivity contribution in [3.63, 3.8) is 0 Å². The highest BCUT2D eigenvalue weighted by molar-refractivity contribution is 6.07. The molecular weight excluding hydrogens is 517 g/mol. The first kappa shape index (κ1) is 28.4. The van der Waals surface area contributed by atoms with Gasteiger partial charge in [0.25, 0.3) is 12.4 Å². The van der Waals surface area contributed by atoms with Crippen molar-refractivity contribution in [2.24, 2.45) is 5.92 Å². The average molecular weight is 549 g/mol. The van der Waals surface area contributed by atoms with E-state index in [9.17, 15) is 27.9 Å². The summed E-state index contributed by atoms with van der Waals surface area (Å²) in [6.07, 6.45) is -0.0304. The van der Waals surface area contributed by atoms with Crippen molar-refractivity contribution in [2.75, 3.05) is 4.90 Å². The lowest BCUT2D eigenvalue weighted by atomic mass is 9.77. The van der Waals surface area contributed by atoms with Crippen molar-refractivity contribution in [1.82, 2.24) is 4.90 Å². The van der Waals surface area contributed by atoms with Crippen LogP contribution in [-0.2, 0) is 15.3 Å². The Hall–Kier alpha value is -3.60. The normalized spacial score (nSPS) is 23.6. The summed E-state index contributed by atoms with van der Waals surface area (Å²) >= 11 is 0. The number of ether oxygens (including phenoxy) is 1. The van der Waals surface area contributed by atoms with E-state index in [0.29, 0.717) is 36.9 Å². The van der Waals surface area contributed by atoms with E-state index in [1.807, 2.05) is 6.92 Å². The third kappa shape index (κ3) is 5.59. The molecule has 0 bridgehead atoms. The lowest BCUT2D eigenvalue weighted by molar-refractivity contribution is -0.274. The summed E-state index contributed by atoms with van der Waals surface area (Å²) in [5.74, 6) is -1.22. The molecule has 3 atom stereocenters. The van der Waals surface area contributed by atoms with E-state index >= 15 is 0 Å². The Morgan fingerprint density at radius 3 is 2.33 bits per heavy atom. The van der Waals surface area contributed by atoms with Gasteiger partial charge in [-0.1, -0.05) is 31.5 Å². The van der Waals surface area contributed by atoms with Crippen LogP contribution in [0.1, 0.15) is 67.8 Å². The van der Waals surface area contributed by atoms with Gasteiger partial charge in [0.1, 0.15) is 5.75 Å². The number of anilines is 1. The first-order chi connectivity index (χ1) is 18.6. The van der Waals surface area contributed by atoms with Crippen LogP contribution in [0.5, 0.6) is 5.75 Å². The van der Waals surface area contributed by atoms with Crippen molar-refractivity contribution < 1.29 is 42.5 Å². The third-order valence-corrected chi connectivity index (χ3v) is 7.45. The van der Waals surface area contributed by atoms with Gasteiger partial charge in [-0.25, -0.2) is 0 Å². The van der Waals surface area contributed by atoms with E-state index in [4.69, 9.17) is 9.90 Å². The number of para-hydroxylation sites is 1. The van der Waals surface area contributed by atoms with Crippen LogP contribution < -0.4 is 9.64 Å². The Balaban J connectivity index is 0.00000112. The molecular formula is C28H31F3N2O6. The second-order valence-electron chi connectivity index (χ2n) is 9.95. The maximum atomic E-state index is 13.8. The Morgan fingerprint density at radius 1 is 1.10 bits per heavy atom. The van der Waals surface area contributed by atoms with Crippen molar-refractivity contribution in [1.29, 1.82) is 0 Å². The number of aliphatic hydroxyl groups is 1. The highest BCUT2D eigenvalue weighted by atomic mass is 19.4. The van der Waals surface area contributed by atoms with Gasteiger partial charge in [-0.05, 0) is 62.4 Å². The molecule has 3 aliphatic rings. The summed E-state index contributed by atoms with van der Waals surface area (Å²) < 4.78 is 41.6. The summed E-state index contributed by atoms with van der Waals surface area (Å²) in [4.78, 5) is 38.8. The first-order valence-electron chi connectivity index (χ1n) is 13.0. The topological polar surface area (TPSA) is 107 Å². The predicted octanol–water partition coefficient (Wildman–Crippen LogP) is 5.05. The van der Waals surface area contributed by atoms with Gasteiger partial charge in [-0.3, -0.25) is 14.4 Å². The molecule has 0 spiro atoms. The van der Waals surface area contributed by atoms with Crippen LogP contribution in [0.2, 0.25) is 0 Å². The van der Waals surface area contributed by atoms with Gasteiger partial charge < -0.3 is 24.7 Å². The summed E-state index contributed by atoms with van der Waals surface area (Å²) in [6, 6.07) is 11.6. The Kier molecular flexibility index (Phi) is 8.20. The fourth-order valence-corrected chi connectivity index (χ4v) is 5.94. The molecule has 0 saturated heterocycles. The molecule has 1 heterocycles. The third-order valence-electron chi connectivity index (χ3n) is 7.45. The summed E-state index contributed by atoms with van der Waals surface area (Å²) in [7, 11) is 0. The molecule has 2 aliphatic carbocycles. The monoisotopic (exact) mass is 548 g/mol. The van der Waals surface area contributed by atoms with Crippen LogP contribution in [0.3, 0.4) is 0 Å². The van der Waals surface area contributed by atoms with E-state index in [1.165, 1.54) is 12.1 Å². The minimum absolute atomic E-state index is 0.0215. The number of carboxylic acid groups (broad SMARTS) is 1. The van der Waals surface area contributed by atoms with Gasteiger partial charge in [0.05, 0.1) is 5.69 Å². The van der Waals surface area contributed by atoms with Crippen LogP contribution in [-0.4, -0.2) is 51.8 Å². The number of alkyl halides is 3. The van der Waals surface area contributed by atoms with Gasteiger partial charge in [0.15, 0.2) is 5.72 Å². The number of hydrogen-bond acceptors (Lipinski definition) is 5. The van der Waals surface area contributed by atoms with Crippen molar-refractivity contribution >= 4 is 24.0 Å². The fraction of sp³-hybridized carbons (Fsp3) is 0.464. The number of nitrogens with zero attached hydrogens (tertiary/aromatic N) is 2. The number of amides is 2. The highest BCUT2D eigenvalue weighted by Gasteiger charge is 2.60. The largest absolute Gasteiger partial charge is 0.573 e. The molecule has 2 aromatic rings. The van der Waals surface area contributed by atoms with Gasteiger partial charge in [0.2, 0.25) is 5.91 Å². The number of carbonyl (C=O) groups is 3. The molecule has 8 nitrogen and oxygen atoms in total. The first-order valence-corrected chi connectivity index (χ1v) is 13.0. The zero-order valence-corrected chi connectivity index (χ0v) is 21.4. The lowest BCUT2D eigenvalue weighted by Gasteiger charge is -2.53. The Morgan fingerprint density at radius 2 is 1.74 bits per heavy atom.